The van der Waals surface area contributed by atoms with Crippen molar-refractivity contribution in [2.45, 2.75) is 19.4 Å². The number of ether oxygens (including phenoxy) is 1. The highest BCUT2D eigenvalue weighted by molar-refractivity contribution is 7.17. The third-order valence-corrected chi connectivity index (χ3v) is 6.38. The Morgan fingerprint density at radius 3 is 2.77 bits per heavy atom. The lowest BCUT2D eigenvalue weighted by Gasteiger charge is -2.15. The number of hydrogen-bond donors (Lipinski definition) is 1. The number of aryl methyl sites for hydroxylation is 2. The van der Waals surface area contributed by atoms with Gasteiger partial charge in [-0.15, -0.1) is 22.7 Å². The van der Waals surface area contributed by atoms with E-state index in [0.29, 0.717) is 11.4 Å². The summed E-state index contributed by atoms with van der Waals surface area (Å²) in [5, 5.41) is 4.71. The Labute approximate surface area is 159 Å². The molecular weight excluding hydrogens is 366 g/mol. The van der Waals surface area contributed by atoms with Crippen molar-refractivity contribution in [1.29, 1.82) is 0 Å². The maximum atomic E-state index is 12.3. The summed E-state index contributed by atoms with van der Waals surface area (Å²) < 4.78 is 5.19. The second-order valence-electron chi connectivity index (χ2n) is 6.05. The minimum atomic E-state index is -0.437. The van der Waals surface area contributed by atoms with Crippen LogP contribution in [0.4, 0.5) is 0 Å². The molecule has 132 valence electrons. The topological polar surface area (TPSA) is 55.4 Å². The number of rotatable bonds is 5. The number of amides is 1. The molecule has 0 fully saturated rings. The van der Waals surface area contributed by atoms with Crippen molar-refractivity contribution >= 4 is 34.6 Å². The van der Waals surface area contributed by atoms with Crippen LogP contribution in [0.2, 0.25) is 0 Å². The lowest BCUT2D eigenvalue weighted by Crippen LogP contribution is -2.27. The molecule has 1 aliphatic rings. The summed E-state index contributed by atoms with van der Waals surface area (Å²) >= 11 is 3.02. The van der Waals surface area contributed by atoms with E-state index in [-0.39, 0.29) is 12.5 Å². The summed E-state index contributed by atoms with van der Waals surface area (Å²) in [6.45, 7) is 0.196. The molecule has 0 radical (unpaired) electrons. The van der Waals surface area contributed by atoms with Crippen LogP contribution < -0.4 is 5.32 Å². The molecule has 4 nitrogen and oxygen atoms in total. The highest BCUT2D eigenvalue weighted by atomic mass is 32.1. The van der Waals surface area contributed by atoms with E-state index in [1.54, 1.807) is 11.3 Å². The molecule has 0 unspecified atom stereocenters. The third kappa shape index (κ3) is 3.57. The number of carbonyl (C=O) groups excluding carboxylic acids is 2. The fourth-order valence-electron chi connectivity index (χ4n) is 3.02. The molecule has 0 spiro atoms. The summed E-state index contributed by atoms with van der Waals surface area (Å²) in [4.78, 5) is 26.9. The molecule has 0 saturated heterocycles. The Hall–Kier alpha value is -2.44. The van der Waals surface area contributed by atoms with Crippen molar-refractivity contribution in [3.63, 3.8) is 0 Å². The predicted molar refractivity (Wildman–Crippen MR) is 104 cm³/mol. The van der Waals surface area contributed by atoms with Crippen LogP contribution in [0.1, 0.15) is 25.7 Å². The minimum Gasteiger partial charge on any atom is -0.451 e. The van der Waals surface area contributed by atoms with Crippen molar-refractivity contribution < 1.29 is 14.3 Å². The first-order valence-corrected chi connectivity index (χ1v) is 10.1. The van der Waals surface area contributed by atoms with Crippen molar-refractivity contribution in [3.8, 4) is 10.4 Å². The van der Waals surface area contributed by atoms with E-state index in [9.17, 15) is 9.59 Å². The van der Waals surface area contributed by atoms with Crippen molar-refractivity contribution in [3.05, 3.63) is 68.7 Å². The van der Waals surface area contributed by atoms with Crippen molar-refractivity contribution in [1.82, 2.24) is 5.32 Å². The van der Waals surface area contributed by atoms with Gasteiger partial charge < -0.3 is 10.1 Å². The molecule has 0 aliphatic heterocycles. The molecule has 4 rings (SSSR count). The first-order valence-electron chi connectivity index (χ1n) is 8.38. The van der Waals surface area contributed by atoms with Gasteiger partial charge >= 0.3 is 5.97 Å². The Balaban J connectivity index is 1.37. The van der Waals surface area contributed by atoms with Crippen LogP contribution in [0.3, 0.4) is 0 Å². The van der Waals surface area contributed by atoms with Gasteiger partial charge in [-0.2, -0.15) is 0 Å². The molecule has 1 amide bonds. The SMILES string of the molecule is O=C(COC(=O)c1cc2c(s1)-c1ccccc1CC2)NCc1cccs1. The van der Waals surface area contributed by atoms with Crippen LogP contribution >= 0.6 is 22.7 Å². The molecule has 26 heavy (non-hydrogen) atoms. The smallest absolute Gasteiger partial charge is 0.348 e. The Morgan fingerprint density at radius 1 is 1.08 bits per heavy atom. The van der Waals surface area contributed by atoms with Gasteiger partial charge in [-0.3, -0.25) is 4.79 Å². The fraction of sp³-hybridized carbons (Fsp3) is 0.200. The average molecular weight is 383 g/mol. The molecule has 6 heteroatoms. The summed E-state index contributed by atoms with van der Waals surface area (Å²) in [6.07, 6.45) is 1.91. The summed E-state index contributed by atoms with van der Waals surface area (Å²) in [5.41, 5.74) is 3.70. The van der Waals surface area contributed by atoms with E-state index in [4.69, 9.17) is 4.74 Å². The number of carbonyl (C=O) groups is 2. The number of nitrogens with one attached hydrogen (secondary N) is 1. The van der Waals surface area contributed by atoms with E-state index >= 15 is 0 Å². The Morgan fingerprint density at radius 2 is 1.92 bits per heavy atom. The molecule has 0 atom stereocenters. The third-order valence-electron chi connectivity index (χ3n) is 4.31. The van der Waals surface area contributed by atoms with Crippen molar-refractivity contribution in [2.75, 3.05) is 6.61 Å². The van der Waals surface area contributed by atoms with E-state index in [2.05, 4.69) is 17.4 Å². The Kier molecular flexibility index (Phi) is 4.86. The van der Waals surface area contributed by atoms with Gasteiger partial charge in [-0.25, -0.2) is 4.79 Å². The van der Waals surface area contributed by atoms with E-state index in [0.717, 1.165) is 22.6 Å². The fourth-order valence-corrected chi connectivity index (χ4v) is 4.83. The van der Waals surface area contributed by atoms with Crippen LogP contribution in [-0.2, 0) is 28.9 Å². The maximum absolute atomic E-state index is 12.3. The second kappa shape index (κ2) is 7.43. The van der Waals surface area contributed by atoms with Crippen LogP contribution in [-0.4, -0.2) is 18.5 Å². The highest BCUT2D eigenvalue weighted by Gasteiger charge is 2.22. The molecule has 1 aromatic carbocycles. The van der Waals surface area contributed by atoms with Gasteiger partial charge in [0.15, 0.2) is 6.61 Å². The average Bonchev–Trinajstić information content (AvgIpc) is 3.33. The van der Waals surface area contributed by atoms with Gasteiger partial charge in [-0.1, -0.05) is 30.3 Å². The summed E-state index contributed by atoms with van der Waals surface area (Å²) in [7, 11) is 0. The number of hydrogen-bond acceptors (Lipinski definition) is 5. The van der Waals surface area contributed by atoms with Gasteiger partial charge in [0.1, 0.15) is 4.88 Å². The summed E-state index contributed by atoms with van der Waals surface area (Å²) in [5.74, 6) is -0.730. The zero-order chi connectivity index (χ0) is 17.9. The standard InChI is InChI=1S/C20H17NO3S2/c22-18(21-11-15-5-3-9-25-15)12-24-20(23)17-10-14-8-7-13-4-1-2-6-16(13)19(14)26-17/h1-6,9-10H,7-8,11-12H2,(H,21,22). The molecule has 3 aromatic rings. The monoisotopic (exact) mass is 383 g/mol. The van der Waals surface area contributed by atoms with Gasteiger partial charge in [0.2, 0.25) is 0 Å². The lowest BCUT2D eigenvalue weighted by atomic mass is 9.91. The lowest BCUT2D eigenvalue weighted by molar-refractivity contribution is -0.124. The van der Waals surface area contributed by atoms with Crippen LogP contribution in [0, 0.1) is 0 Å². The molecule has 2 aromatic heterocycles. The van der Waals surface area contributed by atoms with Gasteiger partial charge in [-0.05, 0) is 47.0 Å². The number of fused-ring (bicyclic) bond motifs is 3. The maximum Gasteiger partial charge on any atom is 0.348 e. The summed E-state index contributed by atoms with van der Waals surface area (Å²) in [6, 6.07) is 14.1. The quantitative estimate of drug-likeness (QED) is 0.676. The van der Waals surface area contributed by atoms with Crippen LogP contribution in [0.15, 0.2) is 47.8 Å². The van der Waals surface area contributed by atoms with E-state index < -0.39 is 5.97 Å². The molecule has 0 bridgehead atoms. The second-order valence-corrected chi connectivity index (χ2v) is 8.14. The van der Waals surface area contributed by atoms with Gasteiger partial charge in [0, 0.05) is 9.75 Å². The normalized spacial score (nSPS) is 12.2. The number of thiophene rings is 2. The largest absolute Gasteiger partial charge is 0.451 e. The zero-order valence-corrected chi connectivity index (χ0v) is 15.6. The number of esters is 1. The van der Waals surface area contributed by atoms with Crippen LogP contribution in [0.5, 0.6) is 0 Å². The highest BCUT2D eigenvalue weighted by Crippen LogP contribution is 2.39. The zero-order valence-electron chi connectivity index (χ0n) is 14.0. The molecule has 1 N–H and O–H groups in total. The van der Waals surface area contributed by atoms with E-state index in [1.807, 2.05) is 35.7 Å². The van der Waals surface area contributed by atoms with Gasteiger partial charge in [0.05, 0.1) is 6.54 Å². The van der Waals surface area contributed by atoms with Gasteiger partial charge in [0.25, 0.3) is 5.91 Å². The Bertz CT molecular complexity index is 944. The van der Waals surface area contributed by atoms with E-state index in [1.165, 1.54) is 28.0 Å². The molecular formula is C20H17NO3S2. The predicted octanol–water partition coefficient (Wildman–Crippen LogP) is 4.05. The van der Waals surface area contributed by atoms with Crippen LogP contribution in [0.25, 0.3) is 10.4 Å². The minimum absolute atomic E-state index is 0.261. The first-order chi connectivity index (χ1) is 12.7. The first kappa shape index (κ1) is 17.0. The molecule has 2 heterocycles. The van der Waals surface area contributed by atoms with Crippen molar-refractivity contribution in [2.24, 2.45) is 0 Å². The number of benzene rings is 1. The molecule has 1 aliphatic carbocycles. The molecule has 0 saturated carbocycles.